The molecule has 0 radical (unpaired) electrons. The van der Waals surface area contributed by atoms with E-state index in [4.69, 9.17) is 0 Å². The number of fused-ring (bicyclic) bond motifs is 1. The van der Waals surface area contributed by atoms with Crippen LogP contribution in [0.15, 0.2) is 18.6 Å². The lowest BCUT2D eigenvalue weighted by molar-refractivity contribution is 0.0165. The number of rotatable bonds is 1. The van der Waals surface area contributed by atoms with Gasteiger partial charge in [0.2, 0.25) is 0 Å². The minimum absolute atomic E-state index is 0.263. The van der Waals surface area contributed by atoms with Crippen LogP contribution in [0.4, 0.5) is 5.82 Å². The highest BCUT2D eigenvalue weighted by molar-refractivity contribution is 5.87. The highest BCUT2D eigenvalue weighted by atomic mass is 15.3. The second-order valence-corrected chi connectivity index (χ2v) is 7.55. The number of anilines is 1. The molecule has 0 saturated carbocycles. The molecular formula is C17H25N5. The third-order valence-corrected chi connectivity index (χ3v) is 6.17. The van der Waals surface area contributed by atoms with Crippen molar-refractivity contribution in [2.45, 2.75) is 38.6 Å². The Kier molecular flexibility index (Phi) is 2.98. The van der Waals surface area contributed by atoms with Crippen LogP contribution in [0.2, 0.25) is 0 Å². The Morgan fingerprint density at radius 2 is 2.05 bits per heavy atom. The summed E-state index contributed by atoms with van der Waals surface area (Å²) in [6.45, 7) is 8.23. The number of hydrogen-bond donors (Lipinski definition) is 1. The molecule has 2 saturated heterocycles. The molecule has 4 rings (SSSR count). The Morgan fingerprint density at radius 3 is 2.82 bits per heavy atom. The Morgan fingerprint density at radius 1 is 1.18 bits per heavy atom. The summed E-state index contributed by atoms with van der Waals surface area (Å²) in [7, 11) is 2.30. The van der Waals surface area contributed by atoms with E-state index in [9.17, 15) is 0 Å². The predicted molar refractivity (Wildman–Crippen MR) is 89.1 cm³/mol. The van der Waals surface area contributed by atoms with E-state index >= 15 is 0 Å². The number of aromatic nitrogens is 3. The Labute approximate surface area is 131 Å². The summed E-state index contributed by atoms with van der Waals surface area (Å²) in [5.41, 5.74) is 1.54. The second-order valence-electron chi connectivity index (χ2n) is 7.55. The molecule has 2 aromatic rings. The quantitative estimate of drug-likeness (QED) is 0.879. The van der Waals surface area contributed by atoms with E-state index in [-0.39, 0.29) is 5.54 Å². The van der Waals surface area contributed by atoms with Gasteiger partial charge in [-0.3, -0.25) is 4.90 Å². The van der Waals surface area contributed by atoms with Crippen LogP contribution in [0, 0.1) is 5.41 Å². The van der Waals surface area contributed by atoms with E-state index < -0.39 is 0 Å². The van der Waals surface area contributed by atoms with Gasteiger partial charge in [0.1, 0.15) is 17.8 Å². The zero-order chi connectivity index (χ0) is 15.4. The van der Waals surface area contributed by atoms with Crippen molar-refractivity contribution < 1.29 is 0 Å². The van der Waals surface area contributed by atoms with Crippen molar-refractivity contribution in [3.8, 4) is 0 Å². The normalized spacial score (nSPS) is 28.8. The van der Waals surface area contributed by atoms with Crippen LogP contribution >= 0.6 is 0 Å². The summed E-state index contributed by atoms with van der Waals surface area (Å²) < 4.78 is 0. The van der Waals surface area contributed by atoms with Crippen molar-refractivity contribution in [2.24, 2.45) is 5.41 Å². The molecule has 5 nitrogen and oxygen atoms in total. The maximum Gasteiger partial charge on any atom is 0.142 e. The molecule has 22 heavy (non-hydrogen) atoms. The smallest absolute Gasteiger partial charge is 0.142 e. The van der Waals surface area contributed by atoms with Crippen LogP contribution in [-0.2, 0) is 0 Å². The summed E-state index contributed by atoms with van der Waals surface area (Å²) in [4.78, 5) is 17.2. The standard InChI is InChI=1S/C17H25N5/c1-16(2)7-10-22(11-17(16)6-4-9-21(17)3)15-13-5-8-18-14(13)19-12-20-15/h5,8,12H,4,6-7,9-11H2,1-3H3,(H,18,19,20). The first kappa shape index (κ1) is 14.0. The molecule has 2 fully saturated rings. The lowest BCUT2D eigenvalue weighted by atomic mass is 9.66. The van der Waals surface area contributed by atoms with Crippen LogP contribution in [-0.4, -0.2) is 52.1 Å². The average molecular weight is 299 g/mol. The summed E-state index contributed by atoms with van der Waals surface area (Å²) in [5, 5.41) is 1.14. The van der Waals surface area contributed by atoms with Crippen LogP contribution in [0.5, 0.6) is 0 Å². The van der Waals surface area contributed by atoms with Gasteiger partial charge >= 0.3 is 0 Å². The first-order valence-corrected chi connectivity index (χ1v) is 8.28. The molecule has 1 spiro atoms. The average Bonchev–Trinajstić information content (AvgIpc) is 3.10. The van der Waals surface area contributed by atoms with Crippen molar-refractivity contribution in [3.05, 3.63) is 18.6 Å². The Balaban J connectivity index is 1.74. The van der Waals surface area contributed by atoms with E-state index in [0.29, 0.717) is 5.41 Å². The molecule has 1 atom stereocenters. The van der Waals surface area contributed by atoms with E-state index in [1.54, 1.807) is 6.33 Å². The van der Waals surface area contributed by atoms with Gasteiger partial charge in [0.25, 0.3) is 0 Å². The van der Waals surface area contributed by atoms with Crippen molar-refractivity contribution >= 4 is 16.9 Å². The maximum absolute atomic E-state index is 4.61. The van der Waals surface area contributed by atoms with Crippen molar-refractivity contribution in [2.75, 3.05) is 31.6 Å². The number of aromatic amines is 1. The Bertz CT molecular complexity index is 691. The molecular weight excluding hydrogens is 274 g/mol. The van der Waals surface area contributed by atoms with Gasteiger partial charge in [-0.1, -0.05) is 13.8 Å². The SMILES string of the molecule is CN1CCCC12CN(c1ncnc3[nH]ccc13)CCC2(C)C. The molecule has 4 heterocycles. The summed E-state index contributed by atoms with van der Waals surface area (Å²) in [6.07, 6.45) is 7.42. The summed E-state index contributed by atoms with van der Waals surface area (Å²) >= 11 is 0. The van der Waals surface area contributed by atoms with Crippen LogP contribution < -0.4 is 4.90 Å². The highest BCUT2D eigenvalue weighted by Crippen LogP contribution is 2.49. The fraction of sp³-hybridized carbons (Fsp3) is 0.647. The Hall–Kier alpha value is -1.62. The third kappa shape index (κ3) is 1.81. The van der Waals surface area contributed by atoms with Crippen LogP contribution in [0.1, 0.15) is 33.1 Å². The lowest BCUT2D eigenvalue weighted by Crippen LogP contribution is -2.63. The van der Waals surface area contributed by atoms with Crippen LogP contribution in [0.25, 0.3) is 11.0 Å². The molecule has 2 aromatic heterocycles. The predicted octanol–water partition coefficient (Wildman–Crippen LogP) is 2.66. The molecule has 0 bridgehead atoms. The summed E-state index contributed by atoms with van der Waals surface area (Å²) in [6, 6.07) is 2.09. The number of piperidine rings is 1. The van der Waals surface area contributed by atoms with Crippen molar-refractivity contribution in [1.82, 2.24) is 19.9 Å². The van der Waals surface area contributed by atoms with E-state index in [2.05, 4.69) is 51.7 Å². The van der Waals surface area contributed by atoms with Gasteiger partial charge in [-0.2, -0.15) is 0 Å². The molecule has 1 N–H and O–H groups in total. The summed E-state index contributed by atoms with van der Waals surface area (Å²) in [5.74, 6) is 1.08. The number of nitrogens with one attached hydrogen (secondary N) is 1. The van der Waals surface area contributed by atoms with Gasteiger partial charge in [-0.25, -0.2) is 9.97 Å². The number of likely N-dealkylation sites (tertiary alicyclic amines) is 1. The monoisotopic (exact) mass is 299 g/mol. The zero-order valence-electron chi connectivity index (χ0n) is 13.8. The first-order valence-electron chi connectivity index (χ1n) is 8.28. The number of likely N-dealkylation sites (N-methyl/N-ethyl adjacent to an activating group) is 1. The molecule has 1 unspecified atom stereocenters. The van der Waals surface area contributed by atoms with E-state index in [0.717, 1.165) is 29.9 Å². The molecule has 0 amide bonds. The highest BCUT2D eigenvalue weighted by Gasteiger charge is 2.53. The van der Waals surface area contributed by atoms with Gasteiger partial charge in [-0.05, 0) is 44.3 Å². The number of hydrogen-bond acceptors (Lipinski definition) is 4. The van der Waals surface area contributed by atoms with Crippen molar-refractivity contribution in [1.29, 1.82) is 0 Å². The van der Waals surface area contributed by atoms with Gasteiger partial charge < -0.3 is 9.88 Å². The second kappa shape index (κ2) is 4.69. The topological polar surface area (TPSA) is 48.1 Å². The first-order chi connectivity index (χ1) is 10.5. The molecule has 0 aliphatic carbocycles. The van der Waals surface area contributed by atoms with E-state index in [1.807, 2.05) is 6.20 Å². The minimum atomic E-state index is 0.263. The lowest BCUT2D eigenvalue weighted by Gasteiger charge is -2.55. The van der Waals surface area contributed by atoms with E-state index in [1.165, 1.54) is 25.8 Å². The van der Waals surface area contributed by atoms with Crippen LogP contribution in [0.3, 0.4) is 0 Å². The van der Waals surface area contributed by atoms with Crippen molar-refractivity contribution in [3.63, 3.8) is 0 Å². The van der Waals surface area contributed by atoms with Gasteiger partial charge in [-0.15, -0.1) is 0 Å². The number of H-pyrrole nitrogens is 1. The molecule has 118 valence electrons. The molecule has 2 aliphatic heterocycles. The fourth-order valence-corrected chi connectivity index (χ4v) is 4.62. The minimum Gasteiger partial charge on any atom is -0.354 e. The maximum atomic E-state index is 4.61. The van der Waals surface area contributed by atoms with Gasteiger partial charge in [0.05, 0.1) is 5.39 Å². The molecule has 5 heteroatoms. The fourth-order valence-electron chi connectivity index (χ4n) is 4.62. The third-order valence-electron chi connectivity index (χ3n) is 6.17. The van der Waals surface area contributed by atoms with Gasteiger partial charge in [0, 0.05) is 24.8 Å². The largest absolute Gasteiger partial charge is 0.354 e. The zero-order valence-corrected chi connectivity index (χ0v) is 13.8. The number of nitrogens with zero attached hydrogens (tertiary/aromatic N) is 4. The molecule has 2 aliphatic rings. The molecule has 0 aromatic carbocycles. The van der Waals surface area contributed by atoms with Gasteiger partial charge in [0.15, 0.2) is 0 Å².